The van der Waals surface area contributed by atoms with Crippen molar-refractivity contribution >= 4 is 116 Å². The minimum Gasteiger partial charge on any atom is -0.467 e. The number of halogens is 4. The molecule has 4 aromatic carbocycles. The number of carbonyl (C=O) groups excluding carboxylic acids is 6. The van der Waals surface area contributed by atoms with Crippen LogP contribution in [0.3, 0.4) is 0 Å². The van der Waals surface area contributed by atoms with Crippen LogP contribution in [0, 0.1) is 10.8 Å². The molecule has 2 aliphatic rings. The van der Waals surface area contributed by atoms with Gasteiger partial charge in [-0.25, -0.2) is 9.59 Å². The Morgan fingerprint density at radius 3 is 1.27 bits per heavy atom. The van der Waals surface area contributed by atoms with E-state index in [9.17, 15) is 33.0 Å². The van der Waals surface area contributed by atoms with Crippen LogP contribution in [0.4, 0.5) is 11.4 Å². The normalized spacial score (nSPS) is 15.6. The topological polar surface area (TPSA) is 186 Å². The lowest BCUT2D eigenvalue weighted by molar-refractivity contribution is -0.147. The molecule has 2 aliphatic carbocycles. The smallest absolute Gasteiger partial charge is 0.328 e. The highest BCUT2D eigenvalue weighted by atomic mass is 35.5. The van der Waals surface area contributed by atoms with Crippen molar-refractivity contribution in [3.8, 4) is 0 Å². The van der Waals surface area contributed by atoms with Gasteiger partial charge in [-0.1, -0.05) is 108 Å². The van der Waals surface area contributed by atoms with Crippen LogP contribution in [-0.4, -0.2) is 90.1 Å². The van der Waals surface area contributed by atoms with E-state index >= 15 is 0 Å². The number of amides is 4. The third-order valence-corrected chi connectivity index (χ3v) is 16.3. The van der Waals surface area contributed by atoms with Crippen molar-refractivity contribution in [3.63, 3.8) is 0 Å². The van der Waals surface area contributed by atoms with Gasteiger partial charge in [-0.3, -0.25) is 23.4 Å². The van der Waals surface area contributed by atoms with Gasteiger partial charge in [-0.15, -0.1) is 0 Å². The number of carbonyl (C=O) groups is 6. The minimum atomic E-state index is -0.908. The number of benzene rings is 4. The molecule has 6 rings (SSSR count). The first-order chi connectivity index (χ1) is 34.9. The van der Waals surface area contributed by atoms with Gasteiger partial charge < -0.3 is 30.7 Å². The molecule has 2 saturated carbocycles. The Balaban J connectivity index is 0.000000271. The van der Waals surface area contributed by atoms with E-state index in [1.165, 1.54) is 14.2 Å². The average molecular weight is 1120 g/mol. The van der Waals surface area contributed by atoms with Gasteiger partial charge in [-0.2, -0.15) is 11.8 Å². The van der Waals surface area contributed by atoms with Gasteiger partial charge in [0, 0.05) is 57.9 Å². The summed E-state index contributed by atoms with van der Waals surface area (Å²) in [4.78, 5) is 77.1. The second-order valence-corrected chi connectivity index (χ2v) is 22.6. The first-order valence-electron chi connectivity index (χ1n) is 24.2. The summed E-state index contributed by atoms with van der Waals surface area (Å²) < 4.78 is 21.5. The SMILES string of the molecule is COC(=O)[C@H](Cc1ccc(NC(=O)c2c(Cl)cccc2Cl)cc1)NC(=O)C1(CCCS(C)=O)CCCC1.COC(=O)[C@H](Cc1ccc(NC(=O)c2c(Cl)cccc2Cl)cc1)NC(=O)C1(CCCSC)CCCC1. The summed E-state index contributed by atoms with van der Waals surface area (Å²) in [7, 11) is 1.71. The standard InChI is InChI=1S/C27H32Cl2N2O5S.C27H32Cl2N2O4S/c1-36-25(33)22(31-26(34)27(13-3-4-14-27)15-6-16-37(2)35)17-18-9-11-19(12-10-18)30-24(32)23-20(28)7-5-8-21(23)29;1-35-25(33)22(31-26(34)27(13-3-4-14-27)15-6-16-36-2)17-18-9-11-19(12-10-18)30-24(32)23-20(28)7-5-8-21(23)29/h5,7-12,22H,3-4,6,13-17H2,1-2H3,(H,30,32)(H,31,34);5,7-12,22H,3-4,6,13-17H2,1-2H3,(H,30,32)(H,31,34)/t22-,37?;22-/m00/s1. The molecule has 3 atom stereocenters. The van der Waals surface area contributed by atoms with Gasteiger partial charge in [-0.05, 0) is 123 Å². The molecule has 0 aromatic heterocycles. The van der Waals surface area contributed by atoms with Crippen LogP contribution >= 0.6 is 58.2 Å². The van der Waals surface area contributed by atoms with Crippen molar-refractivity contribution in [3.05, 3.63) is 127 Å². The number of rotatable bonds is 22. The molecule has 4 aromatic rings. The minimum absolute atomic E-state index is 0.0583. The second kappa shape index (κ2) is 28.9. The van der Waals surface area contributed by atoms with Crippen molar-refractivity contribution < 1.29 is 42.4 Å². The summed E-state index contributed by atoms with van der Waals surface area (Å²) in [6.07, 6.45) is 14.6. The van der Waals surface area contributed by atoms with E-state index in [0.717, 1.165) is 81.1 Å². The fraction of sp³-hybridized carbons (Fsp3) is 0.444. The number of nitrogens with one attached hydrogen (secondary N) is 4. The number of methoxy groups -OCH3 is 2. The first-order valence-corrected chi connectivity index (χ1v) is 28.8. The lowest BCUT2D eigenvalue weighted by Crippen LogP contribution is -2.49. The molecule has 0 spiro atoms. The highest BCUT2D eigenvalue weighted by Gasteiger charge is 2.43. The monoisotopic (exact) mass is 1120 g/mol. The number of hydrogen-bond donors (Lipinski definition) is 4. The van der Waals surface area contributed by atoms with Crippen LogP contribution in [-0.2, 0) is 52.3 Å². The molecule has 0 heterocycles. The highest BCUT2D eigenvalue weighted by molar-refractivity contribution is 7.98. The summed E-state index contributed by atoms with van der Waals surface area (Å²) >= 11 is 26.3. The highest BCUT2D eigenvalue weighted by Crippen LogP contribution is 2.44. The van der Waals surface area contributed by atoms with Gasteiger partial charge in [0.1, 0.15) is 12.1 Å². The van der Waals surface area contributed by atoms with E-state index in [1.807, 2.05) is 0 Å². The van der Waals surface area contributed by atoms with Crippen LogP contribution < -0.4 is 21.3 Å². The predicted molar refractivity (Wildman–Crippen MR) is 295 cm³/mol. The Morgan fingerprint density at radius 1 is 0.589 bits per heavy atom. The fourth-order valence-corrected chi connectivity index (χ4v) is 11.6. The third-order valence-electron chi connectivity index (χ3n) is 13.4. The van der Waals surface area contributed by atoms with E-state index in [1.54, 1.807) is 103 Å². The van der Waals surface area contributed by atoms with Gasteiger partial charge >= 0.3 is 11.9 Å². The lowest BCUT2D eigenvalue weighted by atomic mass is 9.80. The van der Waals surface area contributed by atoms with Gasteiger partial charge in [0.25, 0.3) is 11.8 Å². The first kappa shape index (κ1) is 59.2. The van der Waals surface area contributed by atoms with Crippen molar-refractivity contribution in [2.45, 2.75) is 102 Å². The molecular formula is C54H64Cl4N4O9S2. The van der Waals surface area contributed by atoms with Crippen LogP contribution in [0.2, 0.25) is 20.1 Å². The van der Waals surface area contributed by atoms with Crippen molar-refractivity contribution in [2.75, 3.05) is 48.9 Å². The Morgan fingerprint density at radius 2 is 0.945 bits per heavy atom. The maximum Gasteiger partial charge on any atom is 0.328 e. The molecule has 19 heteroatoms. The summed E-state index contributed by atoms with van der Waals surface area (Å²) in [5.74, 6) is -0.492. The van der Waals surface area contributed by atoms with Crippen LogP contribution in [0.5, 0.6) is 0 Å². The summed E-state index contributed by atoms with van der Waals surface area (Å²) in [6.45, 7) is 0. The Kier molecular flexibility index (Phi) is 23.4. The van der Waals surface area contributed by atoms with Crippen molar-refractivity contribution in [1.29, 1.82) is 0 Å². The molecule has 4 N–H and O–H groups in total. The zero-order valence-electron chi connectivity index (χ0n) is 41.6. The van der Waals surface area contributed by atoms with Crippen LogP contribution in [0.15, 0.2) is 84.9 Å². The molecule has 0 bridgehead atoms. The molecule has 73 heavy (non-hydrogen) atoms. The third kappa shape index (κ3) is 16.9. The van der Waals surface area contributed by atoms with E-state index in [4.69, 9.17) is 55.9 Å². The largest absolute Gasteiger partial charge is 0.467 e. The zero-order chi connectivity index (χ0) is 53.1. The predicted octanol–water partition coefficient (Wildman–Crippen LogP) is 11.3. The van der Waals surface area contributed by atoms with E-state index in [0.29, 0.717) is 30.0 Å². The summed E-state index contributed by atoms with van der Waals surface area (Å²) in [5.41, 5.74) is 2.13. The molecule has 2 fully saturated rings. The number of thioether (sulfide) groups is 1. The number of hydrogen-bond acceptors (Lipinski definition) is 10. The fourth-order valence-electron chi connectivity index (χ4n) is 9.48. The second-order valence-electron chi connectivity index (χ2n) is 18.5. The van der Waals surface area contributed by atoms with Gasteiger partial charge in [0.05, 0.1) is 45.4 Å². The maximum atomic E-state index is 13.4. The Hall–Kier alpha value is -4.64. The van der Waals surface area contributed by atoms with Crippen LogP contribution in [0.25, 0.3) is 0 Å². The number of ether oxygens (including phenoxy) is 2. The average Bonchev–Trinajstić information content (AvgIpc) is 4.06. The van der Waals surface area contributed by atoms with Crippen LogP contribution in [0.1, 0.15) is 109 Å². The summed E-state index contributed by atoms with van der Waals surface area (Å²) in [6, 6.07) is 22.1. The quantitative estimate of drug-likeness (QED) is 0.0436. The molecular weight excluding hydrogens is 1050 g/mol. The van der Waals surface area contributed by atoms with Gasteiger partial charge in [0.2, 0.25) is 11.8 Å². The van der Waals surface area contributed by atoms with E-state index in [-0.39, 0.29) is 55.9 Å². The number of esters is 2. The molecule has 0 aliphatic heterocycles. The summed E-state index contributed by atoms with van der Waals surface area (Å²) in [5, 5.41) is 12.5. The molecule has 1 unspecified atom stereocenters. The molecule has 13 nitrogen and oxygen atoms in total. The lowest BCUT2D eigenvalue weighted by Gasteiger charge is -2.30. The molecule has 4 amide bonds. The number of anilines is 2. The van der Waals surface area contributed by atoms with E-state index < -0.39 is 57.5 Å². The van der Waals surface area contributed by atoms with Crippen molar-refractivity contribution in [2.24, 2.45) is 10.8 Å². The van der Waals surface area contributed by atoms with E-state index in [2.05, 4.69) is 27.5 Å². The maximum absolute atomic E-state index is 13.4. The molecule has 394 valence electrons. The molecule has 0 radical (unpaired) electrons. The Labute approximate surface area is 455 Å². The van der Waals surface area contributed by atoms with Crippen molar-refractivity contribution in [1.82, 2.24) is 10.6 Å². The van der Waals surface area contributed by atoms with Gasteiger partial charge in [0.15, 0.2) is 0 Å². The Bertz CT molecular complexity index is 2530. The zero-order valence-corrected chi connectivity index (χ0v) is 46.2. The molecule has 0 saturated heterocycles.